The van der Waals surface area contributed by atoms with Crippen LogP contribution < -0.4 is 14.2 Å². The summed E-state index contributed by atoms with van der Waals surface area (Å²) in [5.41, 5.74) is 3.03. The van der Waals surface area contributed by atoms with Gasteiger partial charge in [0.25, 0.3) is 0 Å². The molecule has 1 unspecified atom stereocenters. The molecule has 1 N–H and O–H groups in total. The van der Waals surface area contributed by atoms with E-state index in [1.165, 1.54) is 6.21 Å². The Kier molecular flexibility index (Phi) is 20.4. The SMILES string of the molecule is C=CC(=O)OCC(COc1ccc(C=O)cc1)OC(=O)CC.C=CC(=O)Oc1ccc(C=O)cc1.COCCc1ccc(OC)c(C=N)c1. The van der Waals surface area contributed by atoms with Crippen LogP contribution in [0.2, 0.25) is 0 Å². The van der Waals surface area contributed by atoms with Gasteiger partial charge in [0.2, 0.25) is 0 Å². The summed E-state index contributed by atoms with van der Waals surface area (Å²) in [5.74, 6) is 0.112. The molecule has 0 spiro atoms. The predicted octanol–water partition coefficient (Wildman–Crippen LogP) is 5.40. The number of hydrogen-bond acceptors (Lipinski definition) is 12. The average Bonchev–Trinajstić information content (AvgIpc) is 3.15. The Morgan fingerprint density at radius 1 is 0.816 bits per heavy atom. The lowest BCUT2D eigenvalue weighted by Gasteiger charge is -2.18. The fourth-order valence-electron chi connectivity index (χ4n) is 3.50. The second-order valence-corrected chi connectivity index (χ2v) is 9.57. The number of carbonyl (C=O) groups is 5. The molecule has 0 bridgehead atoms. The van der Waals surface area contributed by atoms with Gasteiger partial charge in [-0.25, -0.2) is 9.59 Å². The van der Waals surface area contributed by atoms with Crippen molar-refractivity contribution in [1.82, 2.24) is 0 Å². The Bertz CT molecular complexity index is 1520. The highest BCUT2D eigenvalue weighted by molar-refractivity contribution is 5.84. The highest BCUT2D eigenvalue weighted by atomic mass is 16.6. The first kappa shape index (κ1) is 41.1. The van der Waals surface area contributed by atoms with Crippen LogP contribution in [0.25, 0.3) is 0 Å². The van der Waals surface area contributed by atoms with E-state index in [9.17, 15) is 24.0 Å². The van der Waals surface area contributed by atoms with Gasteiger partial charge in [0.05, 0.1) is 13.7 Å². The summed E-state index contributed by atoms with van der Waals surface area (Å²) in [6, 6.07) is 18.5. The Labute approximate surface area is 285 Å². The van der Waals surface area contributed by atoms with Gasteiger partial charge in [0, 0.05) is 48.6 Å². The minimum Gasteiger partial charge on any atom is -0.496 e. The zero-order valence-electron chi connectivity index (χ0n) is 27.8. The number of rotatable bonds is 17. The zero-order chi connectivity index (χ0) is 36.4. The summed E-state index contributed by atoms with van der Waals surface area (Å²) in [6.45, 7) is 8.80. The number of ether oxygens (including phenoxy) is 6. The highest BCUT2D eigenvalue weighted by Gasteiger charge is 2.16. The number of aldehydes is 2. The van der Waals surface area contributed by atoms with E-state index in [1.807, 2.05) is 18.2 Å². The maximum absolute atomic E-state index is 11.4. The maximum Gasteiger partial charge on any atom is 0.335 e. The fourth-order valence-corrected chi connectivity index (χ4v) is 3.50. The summed E-state index contributed by atoms with van der Waals surface area (Å²) in [4.78, 5) is 54.0. The van der Waals surface area contributed by atoms with Crippen molar-refractivity contribution in [3.63, 3.8) is 0 Å². The molecule has 12 nitrogen and oxygen atoms in total. The third-order valence-electron chi connectivity index (χ3n) is 6.06. The quantitative estimate of drug-likeness (QED) is 0.0640. The molecule has 0 radical (unpaired) electrons. The van der Waals surface area contributed by atoms with Crippen LogP contribution in [0.15, 0.2) is 92.0 Å². The van der Waals surface area contributed by atoms with E-state index < -0.39 is 24.0 Å². The Morgan fingerprint density at radius 2 is 1.41 bits per heavy atom. The van der Waals surface area contributed by atoms with E-state index in [-0.39, 0.29) is 19.6 Å². The average molecular weight is 676 g/mol. The molecule has 3 aromatic carbocycles. The number of nitrogens with one attached hydrogen (secondary N) is 1. The lowest BCUT2D eigenvalue weighted by molar-refractivity contribution is -0.158. The molecule has 3 rings (SSSR count). The summed E-state index contributed by atoms with van der Waals surface area (Å²) in [6.07, 6.45) is 5.20. The lowest BCUT2D eigenvalue weighted by atomic mass is 10.1. The summed E-state index contributed by atoms with van der Waals surface area (Å²) >= 11 is 0. The van der Waals surface area contributed by atoms with Crippen LogP contribution in [0.1, 0.15) is 45.2 Å². The number of benzene rings is 3. The highest BCUT2D eigenvalue weighted by Crippen LogP contribution is 2.18. The summed E-state index contributed by atoms with van der Waals surface area (Å²) in [7, 11) is 3.29. The minimum absolute atomic E-state index is 0.0244. The van der Waals surface area contributed by atoms with Gasteiger partial charge < -0.3 is 33.8 Å². The molecule has 12 heteroatoms. The Hall–Kier alpha value is -5.88. The van der Waals surface area contributed by atoms with E-state index in [0.717, 1.165) is 48.0 Å². The first-order chi connectivity index (χ1) is 23.7. The van der Waals surface area contributed by atoms with Crippen molar-refractivity contribution >= 4 is 36.7 Å². The van der Waals surface area contributed by atoms with Crippen molar-refractivity contribution in [1.29, 1.82) is 5.41 Å². The molecule has 0 heterocycles. The smallest absolute Gasteiger partial charge is 0.335 e. The van der Waals surface area contributed by atoms with Crippen molar-refractivity contribution < 1.29 is 52.4 Å². The topological polar surface area (TPSA) is 165 Å². The predicted molar refractivity (Wildman–Crippen MR) is 183 cm³/mol. The lowest BCUT2D eigenvalue weighted by Crippen LogP contribution is -2.30. The molecule has 260 valence electrons. The van der Waals surface area contributed by atoms with Gasteiger partial charge in [-0.05, 0) is 72.6 Å². The summed E-state index contributed by atoms with van der Waals surface area (Å²) in [5, 5.41) is 7.23. The second-order valence-electron chi connectivity index (χ2n) is 9.57. The molecular formula is C37H41NO11. The number of carbonyl (C=O) groups excluding carboxylic acids is 5. The van der Waals surface area contributed by atoms with Crippen LogP contribution in [0.4, 0.5) is 0 Å². The molecule has 0 saturated heterocycles. The monoisotopic (exact) mass is 675 g/mol. The van der Waals surface area contributed by atoms with Crippen molar-refractivity contribution in [2.24, 2.45) is 0 Å². The van der Waals surface area contributed by atoms with Crippen molar-refractivity contribution in [3.05, 3.63) is 114 Å². The number of esters is 3. The molecule has 0 aliphatic heterocycles. The molecule has 0 aliphatic rings. The third-order valence-corrected chi connectivity index (χ3v) is 6.06. The van der Waals surface area contributed by atoms with E-state index in [2.05, 4.69) is 13.2 Å². The van der Waals surface area contributed by atoms with Gasteiger partial charge in [-0.1, -0.05) is 26.1 Å². The maximum atomic E-state index is 11.4. The standard InChI is InChI=1S/C16H18O6.C11H15NO2.C10H8O3/c1-3-15(18)21-11-14(22-16(19)4-2)10-20-13-7-5-12(9-17)6-8-13;1-13-6-5-9-3-4-11(14-2)10(7-9)8-12;1-2-10(12)13-9-5-3-8(7-11)4-6-9/h3,5-9,14H,1,4,10-11H2,2H3;3-4,7-8,12H,5-6H2,1-2H3;2-7H,1H2. The van der Waals surface area contributed by atoms with Gasteiger partial charge in [0.1, 0.15) is 43.0 Å². The Balaban J connectivity index is 0.000000386. The minimum atomic E-state index is -0.720. The van der Waals surface area contributed by atoms with Crippen LogP contribution in [0.3, 0.4) is 0 Å². The number of methoxy groups -OCH3 is 2. The van der Waals surface area contributed by atoms with E-state index in [0.29, 0.717) is 29.2 Å². The van der Waals surface area contributed by atoms with Crippen molar-refractivity contribution in [2.75, 3.05) is 34.0 Å². The van der Waals surface area contributed by atoms with Gasteiger partial charge >= 0.3 is 17.9 Å². The molecular weight excluding hydrogens is 634 g/mol. The third kappa shape index (κ3) is 17.0. The van der Waals surface area contributed by atoms with Crippen LogP contribution in [0.5, 0.6) is 17.2 Å². The van der Waals surface area contributed by atoms with Crippen LogP contribution in [0, 0.1) is 5.41 Å². The molecule has 0 aromatic heterocycles. The van der Waals surface area contributed by atoms with Gasteiger partial charge in [-0.15, -0.1) is 0 Å². The Morgan fingerprint density at radius 3 is 1.90 bits per heavy atom. The van der Waals surface area contributed by atoms with Crippen LogP contribution in [-0.2, 0) is 35.0 Å². The molecule has 0 aliphatic carbocycles. The molecule has 0 saturated carbocycles. The molecule has 3 aromatic rings. The first-order valence-corrected chi connectivity index (χ1v) is 14.9. The normalized spacial score (nSPS) is 10.2. The van der Waals surface area contributed by atoms with E-state index in [1.54, 1.807) is 69.7 Å². The van der Waals surface area contributed by atoms with Crippen molar-refractivity contribution in [3.8, 4) is 17.2 Å². The van der Waals surface area contributed by atoms with Crippen LogP contribution >= 0.6 is 0 Å². The fraction of sp³-hybridized carbons (Fsp3) is 0.243. The number of hydrogen-bond donors (Lipinski definition) is 1. The summed E-state index contributed by atoms with van der Waals surface area (Å²) < 4.78 is 30.4. The van der Waals surface area contributed by atoms with Gasteiger partial charge in [0.15, 0.2) is 6.10 Å². The van der Waals surface area contributed by atoms with Gasteiger partial charge in [-0.2, -0.15) is 0 Å². The van der Waals surface area contributed by atoms with Gasteiger partial charge in [-0.3, -0.25) is 14.4 Å². The van der Waals surface area contributed by atoms with Crippen LogP contribution in [-0.4, -0.2) is 76.8 Å². The molecule has 1 atom stereocenters. The second kappa shape index (κ2) is 24.3. The molecule has 0 amide bonds. The van der Waals surface area contributed by atoms with Crippen molar-refractivity contribution in [2.45, 2.75) is 25.9 Å². The first-order valence-electron chi connectivity index (χ1n) is 14.9. The molecule has 0 fully saturated rings. The molecule has 49 heavy (non-hydrogen) atoms. The van der Waals surface area contributed by atoms with E-state index in [4.69, 9.17) is 33.8 Å². The zero-order valence-corrected chi connectivity index (χ0v) is 27.8. The largest absolute Gasteiger partial charge is 0.496 e. The van der Waals surface area contributed by atoms with E-state index >= 15 is 0 Å².